The molecule has 0 aliphatic heterocycles. The minimum absolute atomic E-state index is 0.119. The smallest absolute Gasteiger partial charge is 0.118 e. The molecule has 0 aromatic heterocycles. The van der Waals surface area contributed by atoms with Crippen LogP contribution in [0.2, 0.25) is 0 Å². The molecule has 1 aliphatic carbocycles. The first-order chi connectivity index (χ1) is 8.04. The van der Waals surface area contributed by atoms with E-state index in [1.807, 2.05) is 38.1 Å². The van der Waals surface area contributed by atoms with Crippen molar-refractivity contribution in [3.63, 3.8) is 0 Å². The second-order valence-electron chi connectivity index (χ2n) is 5.22. The number of methoxy groups -OCH3 is 1. The maximum absolute atomic E-state index is 9.62. The van der Waals surface area contributed by atoms with Crippen LogP contribution in [0.4, 0.5) is 0 Å². The van der Waals surface area contributed by atoms with Crippen molar-refractivity contribution >= 4 is 0 Å². The summed E-state index contributed by atoms with van der Waals surface area (Å²) in [4.78, 5) is 0. The van der Waals surface area contributed by atoms with E-state index in [4.69, 9.17) is 9.47 Å². The number of aliphatic hydroxyl groups excluding tert-OH is 1. The predicted octanol–water partition coefficient (Wildman–Crippen LogP) is 2.37. The van der Waals surface area contributed by atoms with Crippen LogP contribution < -0.4 is 4.74 Å². The molecule has 1 saturated carbocycles. The van der Waals surface area contributed by atoms with E-state index in [9.17, 15) is 5.11 Å². The SMILES string of the molecule is COc1ccc(COC2CC(O)C2(C)C)cc1. The van der Waals surface area contributed by atoms with Crippen LogP contribution in [0.1, 0.15) is 25.8 Å². The van der Waals surface area contributed by atoms with E-state index >= 15 is 0 Å². The van der Waals surface area contributed by atoms with Crippen LogP contribution in [0.5, 0.6) is 5.75 Å². The maximum atomic E-state index is 9.62. The minimum atomic E-state index is -0.233. The summed E-state index contributed by atoms with van der Waals surface area (Å²) < 4.78 is 10.9. The first-order valence-electron chi connectivity index (χ1n) is 5.96. The molecule has 1 fully saturated rings. The van der Waals surface area contributed by atoms with Crippen molar-refractivity contribution in [2.45, 2.75) is 39.1 Å². The summed E-state index contributed by atoms with van der Waals surface area (Å²) in [5.74, 6) is 0.855. The fourth-order valence-electron chi connectivity index (χ4n) is 2.07. The monoisotopic (exact) mass is 236 g/mol. The molecule has 0 radical (unpaired) electrons. The Balaban J connectivity index is 1.86. The molecule has 0 heterocycles. The van der Waals surface area contributed by atoms with Gasteiger partial charge in [-0.1, -0.05) is 26.0 Å². The van der Waals surface area contributed by atoms with Gasteiger partial charge in [0.1, 0.15) is 5.75 Å². The topological polar surface area (TPSA) is 38.7 Å². The highest BCUT2D eigenvalue weighted by atomic mass is 16.5. The number of ether oxygens (including phenoxy) is 2. The van der Waals surface area contributed by atoms with Crippen LogP contribution in [0.15, 0.2) is 24.3 Å². The molecule has 0 bridgehead atoms. The van der Waals surface area contributed by atoms with Gasteiger partial charge in [-0.15, -0.1) is 0 Å². The van der Waals surface area contributed by atoms with E-state index in [2.05, 4.69) is 0 Å². The van der Waals surface area contributed by atoms with E-state index in [-0.39, 0.29) is 17.6 Å². The molecule has 0 saturated heterocycles. The van der Waals surface area contributed by atoms with Crippen molar-refractivity contribution in [2.75, 3.05) is 7.11 Å². The van der Waals surface area contributed by atoms with Crippen LogP contribution >= 0.6 is 0 Å². The Bertz CT molecular complexity index is 370. The summed E-state index contributed by atoms with van der Waals surface area (Å²) >= 11 is 0. The summed E-state index contributed by atoms with van der Waals surface area (Å²) in [6, 6.07) is 7.86. The molecule has 3 heteroatoms. The van der Waals surface area contributed by atoms with Crippen molar-refractivity contribution in [3.05, 3.63) is 29.8 Å². The number of aliphatic hydroxyl groups is 1. The Morgan fingerprint density at radius 3 is 2.41 bits per heavy atom. The van der Waals surface area contributed by atoms with Gasteiger partial charge in [0.2, 0.25) is 0 Å². The third-order valence-corrected chi connectivity index (χ3v) is 3.74. The first-order valence-corrected chi connectivity index (χ1v) is 5.96. The number of benzene rings is 1. The lowest BCUT2D eigenvalue weighted by Gasteiger charge is -2.48. The van der Waals surface area contributed by atoms with E-state index in [0.29, 0.717) is 6.61 Å². The Hall–Kier alpha value is -1.06. The number of hydrogen-bond donors (Lipinski definition) is 1. The summed E-state index contributed by atoms with van der Waals surface area (Å²) in [5, 5.41) is 9.62. The Kier molecular flexibility index (Phi) is 3.40. The highest BCUT2D eigenvalue weighted by Gasteiger charge is 2.48. The van der Waals surface area contributed by atoms with Crippen LogP contribution in [0, 0.1) is 5.41 Å². The van der Waals surface area contributed by atoms with Gasteiger partial charge in [-0.2, -0.15) is 0 Å². The number of hydrogen-bond acceptors (Lipinski definition) is 3. The Morgan fingerprint density at radius 2 is 1.94 bits per heavy atom. The molecule has 0 amide bonds. The van der Waals surface area contributed by atoms with Crippen LogP contribution in [0.3, 0.4) is 0 Å². The molecule has 1 N–H and O–H groups in total. The van der Waals surface area contributed by atoms with Gasteiger partial charge in [0.25, 0.3) is 0 Å². The molecule has 0 spiro atoms. The molecule has 17 heavy (non-hydrogen) atoms. The summed E-state index contributed by atoms with van der Waals surface area (Å²) in [6.45, 7) is 4.67. The van der Waals surface area contributed by atoms with Crippen molar-refractivity contribution in [3.8, 4) is 5.75 Å². The Morgan fingerprint density at radius 1 is 1.29 bits per heavy atom. The zero-order valence-corrected chi connectivity index (χ0v) is 10.6. The fourth-order valence-corrected chi connectivity index (χ4v) is 2.07. The van der Waals surface area contributed by atoms with E-state index < -0.39 is 0 Å². The largest absolute Gasteiger partial charge is 0.497 e. The van der Waals surface area contributed by atoms with Gasteiger partial charge in [0, 0.05) is 11.8 Å². The third kappa shape index (κ3) is 2.45. The molecular formula is C14H20O3. The van der Waals surface area contributed by atoms with Crippen molar-refractivity contribution in [2.24, 2.45) is 5.41 Å². The van der Waals surface area contributed by atoms with Gasteiger partial charge in [-0.3, -0.25) is 0 Å². The summed E-state index contributed by atoms with van der Waals surface area (Å²) in [5.41, 5.74) is 1.01. The van der Waals surface area contributed by atoms with Gasteiger partial charge in [-0.25, -0.2) is 0 Å². The van der Waals surface area contributed by atoms with Gasteiger partial charge in [0.05, 0.1) is 25.9 Å². The molecular weight excluding hydrogens is 216 g/mol. The van der Waals surface area contributed by atoms with Crippen LogP contribution in [-0.4, -0.2) is 24.4 Å². The summed E-state index contributed by atoms with van der Waals surface area (Å²) in [7, 11) is 1.66. The van der Waals surface area contributed by atoms with Crippen molar-refractivity contribution < 1.29 is 14.6 Å². The van der Waals surface area contributed by atoms with Gasteiger partial charge in [-0.05, 0) is 17.7 Å². The third-order valence-electron chi connectivity index (χ3n) is 3.74. The zero-order valence-electron chi connectivity index (χ0n) is 10.6. The van der Waals surface area contributed by atoms with E-state index in [1.165, 1.54) is 0 Å². The lowest BCUT2D eigenvalue weighted by atomic mass is 9.66. The van der Waals surface area contributed by atoms with Crippen molar-refractivity contribution in [1.29, 1.82) is 0 Å². The lowest BCUT2D eigenvalue weighted by molar-refractivity contribution is -0.179. The Labute approximate surface area is 102 Å². The van der Waals surface area contributed by atoms with Gasteiger partial charge >= 0.3 is 0 Å². The normalized spacial score (nSPS) is 26.4. The second kappa shape index (κ2) is 4.67. The van der Waals surface area contributed by atoms with Crippen LogP contribution in [0.25, 0.3) is 0 Å². The fraction of sp³-hybridized carbons (Fsp3) is 0.571. The summed E-state index contributed by atoms with van der Waals surface area (Å²) in [6.07, 6.45) is 0.659. The first kappa shape index (κ1) is 12.4. The highest BCUT2D eigenvalue weighted by Crippen LogP contribution is 2.42. The minimum Gasteiger partial charge on any atom is -0.497 e. The second-order valence-corrected chi connectivity index (χ2v) is 5.22. The zero-order chi connectivity index (χ0) is 12.5. The quantitative estimate of drug-likeness (QED) is 0.872. The molecule has 2 atom stereocenters. The molecule has 94 valence electrons. The molecule has 2 rings (SSSR count). The van der Waals surface area contributed by atoms with Gasteiger partial charge in [0.15, 0.2) is 0 Å². The van der Waals surface area contributed by atoms with Crippen LogP contribution in [-0.2, 0) is 11.3 Å². The average Bonchev–Trinajstić information content (AvgIpc) is 2.35. The predicted molar refractivity (Wildman–Crippen MR) is 66.0 cm³/mol. The highest BCUT2D eigenvalue weighted by molar-refractivity contribution is 5.26. The van der Waals surface area contributed by atoms with E-state index in [0.717, 1.165) is 17.7 Å². The maximum Gasteiger partial charge on any atom is 0.118 e. The lowest BCUT2D eigenvalue weighted by Crippen LogP contribution is -2.54. The van der Waals surface area contributed by atoms with Gasteiger partial charge < -0.3 is 14.6 Å². The van der Waals surface area contributed by atoms with E-state index in [1.54, 1.807) is 7.11 Å². The molecule has 1 aliphatic rings. The van der Waals surface area contributed by atoms with Crippen molar-refractivity contribution in [1.82, 2.24) is 0 Å². The standard InChI is InChI=1S/C14H20O3/c1-14(2)12(15)8-13(14)17-9-10-4-6-11(16-3)7-5-10/h4-7,12-13,15H,8-9H2,1-3H3. The number of rotatable bonds is 4. The molecule has 3 nitrogen and oxygen atoms in total. The average molecular weight is 236 g/mol. The molecule has 1 aromatic carbocycles. The molecule has 1 aromatic rings. The molecule has 2 unspecified atom stereocenters.